The van der Waals surface area contributed by atoms with E-state index in [0.717, 1.165) is 37.7 Å². The quantitative estimate of drug-likeness (QED) is 0.562. The topological polar surface area (TPSA) is 45.7 Å². The molecular weight excluding hydrogens is 426 g/mol. The van der Waals surface area contributed by atoms with Crippen LogP contribution in [-0.2, 0) is 17.8 Å². The van der Waals surface area contributed by atoms with Gasteiger partial charge in [-0.3, -0.25) is 9.78 Å². The van der Waals surface area contributed by atoms with Crippen molar-refractivity contribution in [1.82, 2.24) is 14.8 Å². The summed E-state index contributed by atoms with van der Waals surface area (Å²) in [5, 5.41) is 0. The van der Waals surface area contributed by atoms with E-state index in [0.29, 0.717) is 18.7 Å². The summed E-state index contributed by atoms with van der Waals surface area (Å²) in [6.07, 6.45) is -0.811. The van der Waals surface area contributed by atoms with Gasteiger partial charge in [-0.25, -0.2) is 4.39 Å². The number of alkyl halides is 3. The SMILES string of the molecule is CN1CCC(N(Cc2ccc(F)cn2)C(=O)CCc2ccc(OCC(F)(F)F)cc2)CC1. The number of likely N-dealkylation sites (tertiary alicyclic amines) is 1. The molecule has 0 spiro atoms. The minimum Gasteiger partial charge on any atom is -0.484 e. The smallest absolute Gasteiger partial charge is 0.422 e. The van der Waals surface area contributed by atoms with E-state index >= 15 is 0 Å². The standard InChI is InChI=1S/C23H27F4N3O2/c1-29-12-10-20(11-13-29)30(15-19-6-5-18(24)14-28-19)22(31)9-4-17-2-7-21(8-3-17)32-16-23(25,26)27/h2-3,5-8,14,20H,4,9-13,15-16H2,1H3. The van der Waals surface area contributed by atoms with Crippen LogP contribution >= 0.6 is 0 Å². The zero-order valence-electron chi connectivity index (χ0n) is 17.9. The first kappa shape index (κ1) is 24.0. The van der Waals surface area contributed by atoms with Crippen LogP contribution in [0.5, 0.6) is 5.75 Å². The molecule has 5 nitrogen and oxygen atoms in total. The van der Waals surface area contributed by atoms with Crippen LogP contribution < -0.4 is 4.74 Å². The number of amides is 1. The lowest BCUT2D eigenvalue weighted by Gasteiger charge is -2.37. The molecule has 1 fully saturated rings. The van der Waals surface area contributed by atoms with Crippen molar-refractivity contribution in [1.29, 1.82) is 0 Å². The first-order valence-electron chi connectivity index (χ1n) is 10.6. The maximum Gasteiger partial charge on any atom is 0.422 e. The largest absolute Gasteiger partial charge is 0.484 e. The first-order chi connectivity index (χ1) is 15.2. The Morgan fingerprint density at radius 3 is 2.44 bits per heavy atom. The second kappa shape index (κ2) is 10.8. The molecule has 0 saturated carbocycles. The molecular formula is C23H27F4N3O2. The van der Waals surface area contributed by atoms with Crippen LogP contribution in [0.2, 0.25) is 0 Å². The van der Waals surface area contributed by atoms with Crippen molar-refractivity contribution in [3.8, 4) is 5.75 Å². The van der Waals surface area contributed by atoms with Crippen molar-refractivity contribution in [2.45, 2.75) is 44.4 Å². The molecule has 2 aromatic rings. The summed E-state index contributed by atoms with van der Waals surface area (Å²) in [6.45, 7) is 0.765. The van der Waals surface area contributed by atoms with Crippen LogP contribution in [0.25, 0.3) is 0 Å². The predicted molar refractivity (Wildman–Crippen MR) is 112 cm³/mol. The summed E-state index contributed by atoms with van der Waals surface area (Å²) in [6, 6.07) is 9.29. The summed E-state index contributed by atoms with van der Waals surface area (Å²) < 4.78 is 54.7. The number of aryl methyl sites for hydroxylation is 1. The number of pyridine rings is 1. The van der Waals surface area contributed by atoms with E-state index in [2.05, 4.69) is 9.88 Å². The normalized spacial score (nSPS) is 15.5. The molecule has 1 aromatic carbocycles. The molecule has 1 aliphatic rings. The van der Waals surface area contributed by atoms with Crippen molar-refractivity contribution in [2.75, 3.05) is 26.7 Å². The molecule has 0 atom stereocenters. The average Bonchev–Trinajstić information content (AvgIpc) is 2.76. The van der Waals surface area contributed by atoms with E-state index in [-0.39, 0.29) is 24.1 Å². The number of piperidine rings is 1. The number of aromatic nitrogens is 1. The average molecular weight is 453 g/mol. The summed E-state index contributed by atoms with van der Waals surface area (Å²) >= 11 is 0. The third-order valence-electron chi connectivity index (χ3n) is 5.52. The van der Waals surface area contributed by atoms with Gasteiger partial charge in [-0.1, -0.05) is 12.1 Å². The van der Waals surface area contributed by atoms with Crippen LogP contribution in [0.1, 0.15) is 30.5 Å². The molecule has 2 heterocycles. The lowest BCUT2D eigenvalue weighted by molar-refractivity contribution is -0.153. The van der Waals surface area contributed by atoms with Crippen molar-refractivity contribution < 1.29 is 27.1 Å². The molecule has 1 amide bonds. The highest BCUT2D eigenvalue weighted by atomic mass is 19.4. The van der Waals surface area contributed by atoms with E-state index in [1.165, 1.54) is 18.2 Å². The van der Waals surface area contributed by atoms with E-state index in [1.807, 2.05) is 11.9 Å². The second-order valence-electron chi connectivity index (χ2n) is 8.07. The van der Waals surface area contributed by atoms with Gasteiger partial charge in [0.1, 0.15) is 11.6 Å². The van der Waals surface area contributed by atoms with Crippen LogP contribution in [0.3, 0.4) is 0 Å². The minimum absolute atomic E-state index is 0.0249. The Balaban J connectivity index is 1.60. The number of hydrogen-bond acceptors (Lipinski definition) is 4. The number of nitrogens with zero attached hydrogens (tertiary/aromatic N) is 3. The Morgan fingerprint density at radius 1 is 1.16 bits per heavy atom. The van der Waals surface area contributed by atoms with Crippen LogP contribution in [0.4, 0.5) is 17.6 Å². The third kappa shape index (κ3) is 7.47. The highest BCUT2D eigenvalue weighted by molar-refractivity contribution is 5.76. The number of hydrogen-bond donors (Lipinski definition) is 0. The van der Waals surface area contributed by atoms with E-state index in [9.17, 15) is 22.4 Å². The van der Waals surface area contributed by atoms with Crippen LogP contribution in [0.15, 0.2) is 42.6 Å². The molecule has 9 heteroatoms. The molecule has 1 saturated heterocycles. The van der Waals surface area contributed by atoms with Gasteiger partial charge in [0.15, 0.2) is 6.61 Å². The van der Waals surface area contributed by atoms with Crippen molar-refractivity contribution >= 4 is 5.91 Å². The number of carbonyl (C=O) groups excluding carboxylic acids is 1. The predicted octanol–water partition coefficient (Wildman–Crippen LogP) is 4.22. The van der Waals surface area contributed by atoms with Crippen LogP contribution in [-0.4, -0.2) is 59.7 Å². The lowest BCUT2D eigenvalue weighted by atomic mass is 10.0. The van der Waals surface area contributed by atoms with Crippen molar-refractivity contribution in [3.63, 3.8) is 0 Å². The Hall–Kier alpha value is -2.68. The summed E-state index contributed by atoms with van der Waals surface area (Å²) in [7, 11) is 2.05. The molecule has 0 aliphatic carbocycles. The molecule has 0 radical (unpaired) electrons. The number of halogens is 4. The van der Waals surface area contributed by atoms with Gasteiger partial charge in [0, 0.05) is 12.5 Å². The first-order valence-corrected chi connectivity index (χ1v) is 10.6. The van der Waals surface area contributed by atoms with Gasteiger partial charge in [-0.05, 0) is 69.2 Å². The van der Waals surface area contributed by atoms with Crippen molar-refractivity contribution in [2.24, 2.45) is 0 Å². The fraction of sp³-hybridized carbons (Fsp3) is 0.478. The number of ether oxygens (including phenoxy) is 1. The van der Waals surface area contributed by atoms with Gasteiger partial charge in [0.2, 0.25) is 5.91 Å². The minimum atomic E-state index is -4.39. The molecule has 1 aliphatic heterocycles. The molecule has 174 valence electrons. The van der Waals surface area contributed by atoms with E-state index < -0.39 is 18.6 Å². The number of benzene rings is 1. The summed E-state index contributed by atoms with van der Waals surface area (Å²) in [5.41, 5.74) is 1.46. The van der Waals surface area contributed by atoms with Gasteiger partial charge in [-0.2, -0.15) is 13.2 Å². The monoisotopic (exact) mass is 453 g/mol. The van der Waals surface area contributed by atoms with Gasteiger partial charge in [0.25, 0.3) is 0 Å². The van der Waals surface area contributed by atoms with E-state index in [1.54, 1.807) is 18.2 Å². The maximum absolute atomic E-state index is 13.2. The zero-order chi connectivity index (χ0) is 23.1. The molecule has 1 aromatic heterocycles. The Bertz CT molecular complexity index is 864. The number of rotatable bonds is 8. The fourth-order valence-corrected chi connectivity index (χ4v) is 3.71. The van der Waals surface area contributed by atoms with Crippen LogP contribution in [0, 0.1) is 5.82 Å². The van der Waals surface area contributed by atoms with Gasteiger partial charge in [0.05, 0.1) is 18.4 Å². The Labute approximate surface area is 185 Å². The highest BCUT2D eigenvalue weighted by Crippen LogP contribution is 2.22. The van der Waals surface area contributed by atoms with Gasteiger partial charge < -0.3 is 14.5 Å². The molecule has 0 unspecified atom stereocenters. The van der Waals surface area contributed by atoms with Crippen molar-refractivity contribution in [3.05, 3.63) is 59.7 Å². The lowest BCUT2D eigenvalue weighted by Crippen LogP contribution is -2.46. The Morgan fingerprint density at radius 2 is 1.84 bits per heavy atom. The summed E-state index contributed by atoms with van der Waals surface area (Å²) in [5.74, 6) is -0.315. The molecule has 32 heavy (non-hydrogen) atoms. The molecule has 0 N–H and O–H groups in total. The second-order valence-corrected chi connectivity index (χ2v) is 8.07. The zero-order valence-corrected chi connectivity index (χ0v) is 17.9. The summed E-state index contributed by atoms with van der Waals surface area (Å²) in [4.78, 5) is 21.3. The molecule has 0 bridgehead atoms. The molecule has 3 rings (SSSR count). The Kier molecular flexibility index (Phi) is 8.06. The van der Waals surface area contributed by atoms with Gasteiger partial charge >= 0.3 is 6.18 Å². The maximum atomic E-state index is 13.2. The third-order valence-corrected chi connectivity index (χ3v) is 5.52. The highest BCUT2D eigenvalue weighted by Gasteiger charge is 2.29. The number of carbonyl (C=O) groups is 1. The fourth-order valence-electron chi connectivity index (χ4n) is 3.71. The van der Waals surface area contributed by atoms with Gasteiger partial charge in [-0.15, -0.1) is 0 Å². The van der Waals surface area contributed by atoms with E-state index in [4.69, 9.17) is 4.74 Å².